The van der Waals surface area contributed by atoms with E-state index in [1.54, 1.807) is 14.0 Å². The van der Waals surface area contributed by atoms with Crippen LogP contribution in [0.3, 0.4) is 0 Å². The molecule has 0 radical (unpaired) electrons. The summed E-state index contributed by atoms with van der Waals surface area (Å²) in [6, 6.07) is 11.2. The molecule has 0 spiro atoms. The van der Waals surface area contributed by atoms with E-state index in [1.807, 2.05) is 43.3 Å². The molecule has 0 N–H and O–H groups in total. The maximum Gasteiger partial charge on any atom is 0.339 e. The van der Waals surface area contributed by atoms with Gasteiger partial charge in [-0.05, 0) is 62.1 Å². The van der Waals surface area contributed by atoms with Crippen molar-refractivity contribution >= 4 is 16.9 Å². The summed E-state index contributed by atoms with van der Waals surface area (Å²) in [5.41, 5.74) is 2.67. The van der Waals surface area contributed by atoms with E-state index in [2.05, 4.69) is 0 Å². The maximum atomic E-state index is 12.3. The highest BCUT2D eigenvalue weighted by atomic mass is 16.5. The Morgan fingerprint density at radius 3 is 2.64 bits per heavy atom. The average molecular weight is 381 g/mol. The summed E-state index contributed by atoms with van der Waals surface area (Å²) in [5, 5.41) is 11.5. The second-order valence-electron chi connectivity index (χ2n) is 6.57. The lowest BCUT2D eigenvalue weighted by atomic mass is 10.0. The molecule has 3 aromatic rings. The number of benzene rings is 2. The number of rotatable bonds is 7. The zero-order chi connectivity index (χ0) is 20.3. The quantitative estimate of drug-likeness (QED) is 0.585. The first-order valence-electron chi connectivity index (χ1n) is 8.92. The van der Waals surface area contributed by atoms with Crippen LogP contribution in [0.2, 0.25) is 0 Å². The largest absolute Gasteiger partial charge is 0.550 e. The third-order valence-electron chi connectivity index (χ3n) is 4.76. The highest BCUT2D eigenvalue weighted by Crippen LogP contribution is 2.30. The van der Waals surface area contributed by atoms with Crippen molar-refractivity contribution in [2.45, 2.75) is 33.3 Å². The third kappa shape index (κ3) is 4.01. The molecule has 0 aliphatic rings. The van der Waals surface area contributed by atoms with E-state index < -0.39 is 11.6 Å². The van der Waals surface area contributed by atoms with Crippen LogP contribution in [0.5, 0.6) is 11.5 Å². The van der Waals surface area contributed by atoms with Gasteiger partial charge >= 0.3 is 5.63 Å². The molecule has 0 saturated carbocycles. The van der Waals surface area contributed by atoms with E-state index in [1.165, 1.54) is 0 Å². The number of aryl methyl sites for hydroxylation is 2. The summed E-state index contributed by atoms with van der Waals surface area (Å²) in [5.74, 6) is 0.166. The molecule has 0 amide bonds. The molecule has 28 heavy (non-hydrogen) atoms. The molecule has 0 aliphatic heterocycles. The highest BCUT2D eigenvalue weighted by Gasteiger charge is 2.15. The number of hydrogen-bond acceptors (Lipinski definition) is 6. The number of hydrogen-bond donors (Lipinski definition) is 0. The Labute approximate surface area is 162 Å². The average Bonchev–Trinajstić information content (AvgIpc) is 2.68. The van der Waals surface area contributed by atoms with Crippen LogP contribution in [0.1, 0.15) is 28.7 Å². The number of aliphatic carboxylic acids is 1. The van der Waals surface area contributed by atoms with Crippen LogP contribution in [-0.2, 0) is 17.8 Å². The van der Waals surface area contributed by atoms with Crippen molar-refractivity contribution in [3.05, 3.63) is 69.1 Å². The van der Waals surface area contributed by atoms with Crippen molar-refractivity contribution in [3.8, 4) is 11.5 Å². The van der Waals surface area contributed by atoms with Gasteiger partial charge in [0.25, 0.3) is 0 Å². The van der Waals surface area contributed by atoms with E-state index in [4.69, 9.17) is 13.9 Å². The normalized spacial score (nSPS) is 10.8. The summed E-state index contributed by atoms with van der Waals surface area (Å²) in [6.45, 7) is 3.96. The van der Waals surface area contributed by atoms with Crippen molar-refractivity contribution < 1.29 is 23.8 Å². The van der Waals surface area contributed by atoms with Crippen LogP contribution in [0.25, 0.3) is 11.0 Å². The van der Waals surface area contributed by atoms with Gasteiger partial charge in [0.1, 0.15) is 23.7 Å². The Balaban J connectivity index is 1.91. The van der Waals surface area contributed by atoms with Crippen LogP contribution < -0.4 is 20.2 Å². The fourth-order valence-electron chi connectivity index (χ4n) is 3.17. The van der Waals surface area contributed by atoms with Crippen molar-refractivity contribution in [2.75, 3.05) is 7.11 Å². The highest BCUT2D eigenvalue weighted by molar-refractivity contribution is 5.85. The molecule has 0 atom stereocenters. The number of methoxy groups -OCH3 is 1. The predicted octanol–water partition coefficient (Wildman–Crippen LogP) is 2.68. The molecule has 0 saturated heterocycles. The second kappa shape index (κ2) is 8.17. The van der Waals surface area contributed by atoms with Gasteiger partial charge in [0.05, 0.1) is 7.11 Å². The first-order valence-corrected chi connectivity index (χ1v) is 8.92. The van der Waals surface area contributed by atoms with Crippen molar-refractivity contribution in [3.63, 3.8) is 0 Å². The zero-order valence-corrected chi connectivity index (χ0v) is 16.0. The number of fused-ring (bicyclic) bond motifs is 1. The number of carboxylic acids is 1. The lowest BCUT2D eigenvalue weighted by molar-refractivity contribution is -0.305. The van der Waals surface area contributed by atoms with E-state index in [9.17, 15) is 14.7 Å². The number of carboxylic acid groups (broad SMARTS) is 1. The Bertz CT molecular complexity index is 1080. The second-order valence-corrected chi connectivity index (χ2v) is 6.57. The topological polar surface area (TPSA) is 88.8 Å². The Kier molecular flexibility index (Phi) is 5.68. The molecule has 3 rings (SSSR count). The molecule has 0 aliphatic carbocycles. The molecule has 6 nitrogen and oxygen atoms in total. The van der Waals surface area contributed by atoms with E-state index >= 15 is 0 Å². The maximum absolute atomic E-state index is 12.3. The Hall–Kier alpha value is -3.28. The minimum absolute atomic E-state index is 0.0829. The predicted molar refractivity (Wildman–Crippen MR) is 103 cm³/mol. The molecular weight excluding hydrogens is 360 g/mol. The molecule has 6 heteroatoms. The molecule has 1 aromatic heterocycles. The van der Waals surface area contributed by atoms with Gasteiger partial charge in [-0.15, -0.1) is 0 Å². The molecular formula is C22H21O6-. The lowest BCUT2D eigenvalue weighted by Crippen LogP contribution is -2.24. The van der Waals surface area contributed by atoms with Gasteiger partial charge in [-0.25, -0.2) is 4.79 Å². The van der Waals surface area contributed by atoms with Crippen LogP contribution in [-0.4, -0.2) is 13.1 Å². The van der Waals surface area contributed by atoms with Gasteiger partial charge in [0.15, 0.2) is 0 Å². The number of ether oxygens (including phenoxy) is 2. The fourth-order valence-corrected chi connectivity index (χ4v) is 3.17. The van der Waals surface area contributed by atoms with Crippen LogP contribution in [0, 0.1) is 13.8 Å². The first-order chi connectivity index (χ1) is 13.4. The van der Waals surface area contributed by atoms with Crippen molar-refractivity contribution in [1.82, 2.24) is 0 Å². The third-order valence-corrected chi connectivity index (χ3v) is 4.76. The molecule has 0 bridgehead atoms. The summed E-state index contributed by atoms with van der Waals surface area (Å²) in [7, 11) is 1.61. The minimum Gasteiger partial charge on any atom is -0.550 e. The van der Waals surface area contributed by atoms with Crippen molar-refractivity contribution in [2.24, 2.45) is 0 Å². The molecule has 2 aromatic carbocycles. The number of carbonyl (C=O) groups excluding carboxylic acids is 1. The molecule has 146 valence electrons. The minimum atomic E-state index is -1.20. The van der Waals surface area contributed by atoms with Crippen LogP contribution in [0.15, 0.2) is 45.6 Å². The Morgan fingerprint density at radius 1 is 1.14 bits per heavy atom. The van der Waals surface area contributed by atoms with Crippen LogP contribution in [0.4, 0.5) is 0 Å². The van der Waals surface area contributed by atoms with Gasteiger partial charge in [-0.2, -0.15) is 0 Å². The fraction of sp³-hybridized carbons (Fsp3) is 0.273. The van der Waals surface area contributed by atoms with E-state index in [0.29, 0.717) is 29.1 Å². The summed E-state index contributed by atoms with van der Waals surface area (Å²) < 4.78 is 16.6. The summed E-state index contributed by atoms with van der Waals surface area (Å²) in [4.78, 5) is 23.1. The number of carbonyl (C=O) groups is 1. The van der Waals surface area contributed by atoms with Gasteiger partial charge in [-0.3, -0.25) is 0 Å². The molecule has 1 heterocycles. The SMILES string of the molecule is COc1cccc(COc2ccc3c(C)c(CCC(=O)[O-])c(=O)oc3c2C)c1. The van der Waals surface area contributed by atoms with Gasteiger partial charge in [-0.1, -0.05) is 12.1 Å². The molecule has 0 unspecified atom stereocenters. The van der Waals surface area contributed by atoms with E-state index in [-0.39, 0.29) is 12.8 Å². The smallest absolute Gasteiger partial charge is 0.339 e. The zero-order valence-electron chi connectivity index (χ0n) is 16.0. The van der Waals surface area contributed by atoms with E-state index in [0.717, 1.165) is 22.3 Å². The molecule has 0 fully saturated rings. The first kappa shape index (κ1) is 19.5. The lowest BCUT2D eigenvalue weighted by Gasteiger charge is -2.14. The monoisotopic (exact) mass is 381 g/mol. The standard InChI is InChI=1S/C22H22O6/c1-13-17-7-9-19(27-12-15-5-4-6-16(11-15)26-3)14(2)21(17)28-22(25)18(13)8-10-20(23)24/h4-7,9,11H,8,10,12H2,1-3H3,(H,23,24)/p-1. The summed E-state index contributed by atoms with van der Waals surface area (Å²) in [6.07, 6.45) is -0.141. The Morgan fingerprint density at radius 2 is 1.93 bits per heavy atom. The van der Waals surface area contributed by atoms with Gasteiger partial charge in [0, 0.05) is 22.5 Å². The van der Waals surface area contributed by atoms with Crippen molar-refractivity contribution in [1.29, 1.82) is 0 Å². The van der Waals surface area contributed by atoms with Gasteiger partial charge in [0.2, 0.25) is 0 Å². The van der Waals surface area contributed by atoms with Gasteiger partial charge < -0.3 is 23.8 Å². The van der Waals surface area contributed by atoms with Crippen LogP contribution >= 0.6 is 0 Å². The summed E-state index contributed by atoms with van der Waals surface area (Å²) >= 11 is 0.